The van der Waals surface area contributed by atoms with Gasteiger partial charge in [0.05, 0.1) is 4.92 Å². The highest BCUT2D eigenvalue weighted by atomic mass is 16.6. The lowest BCUT2D eigenvalue weighted by Crippen LogP contribution is -1.96. The van der Waals surface area contributed by atoms with Gasteiger partial charge in [0.15, 0.2) is 0 Å². The van der Waals surface area contributed by atoms with Crippen LogP contribution in [0.2, 0.25) is 0 Å². The van der Waals surface area contributed by atoms with Gasteiger partial charge >= 0.3 is 0 Å². The molecule has 0 aliphatic rings. The third-order valence-corrected chi connectivity index (χ3v) is 1.38. The number of aliphatic hydroxyl groups excluding tert-OH is 1. The number of aromatic nitrogens is 1. The summed E-state index contributed by atoms with van der Waals surface area (Å²) in [7, 11) is 0. The number of aliphatic hydroxyl groups is 1. The Morgan fingerprint density at radius 1 is 1.67 bits per heavy atom. The van der Waals surface area contributed by atoms with E-state index in [0.717, 1.165) is 0 Å². The molecular formula is C7H8N2O3. The lowest BCUT2D eigenvalue weighted by atomic mass is 10.2. The van der Waals surface area contributed by atoms with Gasteiger partial charge in [0.2, 0.25) is 0 Å². The maximum absolute atomic E-state index is 10.3. The van der Waals surface area contributed by atoms with Crippen LogP contribution in [0.15, 0.2) is 18.3 Å². The predicted molar refractivity (Wildman–Crippen MR) is 41.7 cm³/mol. The van der Waals surface area contributed by atoms with Crippen molar-refractivity contribution in [3.8, 4) is 0 Å². The molecule has 1 aromatic heterocycles. The summed E-state index contributed by atoms with van der Waals surface area (Å²) >= 11 is 0. The molecule has 0 aliphatic carbocycles. The Balaban J connectivity index is 2.88. The first kappa shape index (κ1) is 8.61. The van der Waals surface area contributed by atoms with E-state index in [4.69, 9.17) is 5.11 Å². The molecule has 5 heteroatoms. The number of hydrogen-bond donors (Lipinski definition) is 1. The summed E-state index contributed by atoms with van der Waals surface area (Å²) in [6, 6.07) is 2.68. The summed E-state index contributed by atoms with van der Waals surface area (Å²) in [4.78, 5) is 13.6. The van der Waals surface area contributed by atoms with Crippen LogP contribution in [0.4, 0.5) is 5.69 Å². The molecule has 1 rings (SSSR count). The lowest BCUT2D eigenvalue weighted by molar-refractivity contribution is -0.385. The Bertz CT molecular complexity index is 288. The van der Waals surface area contributed by atoms with E-state index in [1.54, 1.807) is 0 Å². The highest BCUT2D eigenvalue weighted by Crippen LogP contribution is 2.10. The Morgan fingerprint density at radius 2 is 2.42 bits per heavy atom. The maximum Gasteiger partial charge on any atom is 0.272 e. The van der Waals surface area contributed by atoms with Crippen molar-refractivity contribution in [3.05, 3.63) is 34.1 Å². The first-order valence-electron chi connectivity index (χ1n) is 3.44. The second-order valence-corrected chi connectivity index (χ2v) is 2.24. The second kappa shape index (κ2) is 3.77. The highest BCUT2D eigenvalue weighted by molar-refractivity contribution is 5.29. The molecule has 0 fully saturated rings. The van der Waals surface area contributed by atoms with Crippen LogP contribution in [0.5, 0.6) is 0 Å². The van der Waals surface area contributed by atoms with Crippen molar-refractivity contribution in [1.29, 1.82) is 0 Å². The van der Waals surface area contributed by atoms with E-state index >= 15 is 0 Å². The topological polar surface area (TPSA) is 76.3 Å². The molecule has 0 unspecified atom stereocenters. The van der Waals surface area contributed by atoms with Crippen LogP contribution in [0, 0.1) is 10.1 Å². The van der Waals surface area contributed by atoms with Crippen molar-refractivity contribution >= 4 is 5.69 Å². The number of nitrogens with zero attached hydrogens (tertiary/aromatic N) is 2. The number of pyridine rings is 1. The minimum absolute atomic E-state index is 0.00782. The average molecular weight is 168 g/mol. The first-order valence-corrected chi connectivity index (χ1v) is 3.44. The summed E-state index contributed by atoms with van der Waals surface area (Å²) in [5, 5.41) is 18.8. The number of nitro groups is 1. The van der Waals surface area contributed by atoms with E-state index < -0.39 is 4.92 Å². The van der Waals surface area contributed by atoms with Crippen LogP contribution in [-0.2, 0) is 6.42 Å². The molecule has 0 aromatic carbocycles. The summed E-state index contributed by atoms with van der Waals surface area (Å²) in [5.74, 6) is 0. The van der Waals surface area contributed by atoms with Crippen molar-refractivity contribution in [2.24, 2.45) is 0 Å². The van der Waals surface area contributed by atoms with Crippen LogP contribution in [0.3, 0.4) is 0 Å². The quantitative estimate of drug-likeness (QED) is 0.527. The molecule has 0 saturated heterocycles. The van der Waals surface area contributed by atoms with Crippen LogP contribution >= 0.6 is 0 Å². The van der Waals surface area contributed by atoms with Gasteiger partial charge in [-0.05, 0) is 0 Å². The fourth-order valence-corrected chi connectivity index (χ4v) is 0.830. The van der Waals surface area contributed by atoms with E-state index in [-0.39, 0.29) is 12.3 Å². The van der Waals surface area contributed by atoms with Crippen molar-refractivity contribution in [2.75, 3.05) is 6.61 Å². The number of hydrogen-bond acceptors (Lipinski definition) is 4. The molecule has 5 nitrogen and oxygen atoms in total. The Morgan fingerprint density at radius 3 is 3.00 bits per heavy atom. The summed E-state index contributed by atoms with van der Waals surface area (Å²) in [5.41, 5.74) is 0.542. The molecule has 64 valence electrons. The summed E-state index contributed by atoms with van der Waals surface area (Å²) in [6.45, 7) is -0.0475. The summed E-state index contributed by atoms with van der Waals surface area (Å²) in [6.07, 6.45) is 1.71. The first-order chi connectivity index (χ1) is 5.74. The van der Waals surface area contributed by atoms with Gasteiger partial charge in [-0.3, -0.25) is 15.1 Å². The molecule has 0 aliphatic heterocycles. The minimum Gasteiger partial charge on any atom is -0.396 e. The fourth-order valence-electron chi connectivity index (χ4n) is 0.830. The fraction of sp³-hybridized carbons (Fsp3) is 0.286. The van der Waals surface area contributed by atoms with Gasteiger partial charge in [-0.15, -0.1) is 0 Å². The van der Waals surface area contributed by atoms with Gasteiger partial charge < -0.3 is 5.11 Å². The van der Waals surface area contributed by atoms with Gasteiger partial charge in [0.25, 0.3) is 5.69 Å². The molecular weight excluding hydrogens is 160 g/mol. The highest BCUT2D eigenvalue weighted by Gasteiger charge is 2.05. The van der Waals surface area contributed by atoms with Crippen molar-refractivity contribution in [1.82, 2.24) is 4.98 Å². The van der Waals surface area contributed by atoms with Gasteiger partial charge in [-0.2, -0.15) is 0 Å². The van der Waals surface area contributed by atoms with Gasteiger partial charge in [0.1, 0.15) is 0 Å². The summed E-state index contributed by atoms with van der Waals surface area (Å²) < 4.78 is 0. The van der Waals surface area contributed by atoms with Crippen molar-refractivity contribution in [3.63, 3.8) is 0 Å². The molecule has 1 N–H and O–H groups in total. The Kier molecular flexibility index (Phi) is 2.71. The number of rotatable bonds is 3. The SMILES string of the molecule is O=[N+]([O-])c1ccnc(CCO)c1. The van der Waals surface area contributed by atoms with Crippen LogP contribution in [0.1, 0.15) is 5.69 Å². The Hall–Kier alpha value is -1.49. The molecule has 0 amide bonds. The molecule has 0 atom stereocenters. The van der Waals surface area contributed by atoms with Crippen LogP contribution in [0.25, 0.3) is 0 Å². The average Bonchev–Trinajstić information content (AvgIpc) is 2.05. The van der Waals surface area contributed by atoms with Crippen LogP contribution < -0.4 is 0 Å². The normalized spacial score (nSPS) is 9.75. The zero-order valence-corrected chi connectivity index (χ0v) is 6.30. The smallest absolute Gasteiger partial charge is 0.272 e. The van der Waals surface area contributed by atoms with E-state index in [2.05, 4.69) is 4.98 Å². The van der Waals surface area contributed by atoms with E-state index in [9.17, 15) is 10.1 Å². The third-order valence-electron chi connectivity index (χ3n) is 1.38. The zero-order chi connectivity index (χ0) is 8.97. The van der Waals surface area contributed by atoms with E-state index in [1.165, 1.54) is 18.3 Å². The van der Waals surface area contributed by atoms with E-state index in [0.29, 0.717) is 12.1 Å². The van der Waals surface area contributed by atoms with E-state index in [1.807, 2.05) is 0 Å². The Labute approximate surface area is 68.8 Å². The molecule has 0 spiro atoms. The molecule has 1 aromatic rings. The zero-order valence-electron chi connectivity index (χ0n) is 6.30. The van der Waals surface area contributed by atoms with Gasteiger partial charge in [-0.1, -0.05) is 0 Å². The van der Waals surface area contributed by atoms with Crippen LogP contribution in [-0.4, -0.2) is 21.6 Å². The van der Waals surface area contributed by atoms with Crippen molar-refractivity contribution in [2.45, 2.75) is 6.42 Å². The molecule has 1 heterocycles. The maximum atomic E-state index is 10.3. The molecule has 0 radical (unpaired) electrons. The molecule has 0 saturated carbocycles. The third kappa shape index (κ3) is 2.00. The lowest BCUT2D eigenvalue weighted by Gasteiger charge is -1.95. The molecule has 0 bridgehead atoms. The standard InChI is InChI=1S/C7H8N2O3/c10-4-2-6-5-7(9(11)12)1-3-8-6/h1,3,5,10H,2,4H2. The van der Waals surface area contributed by atoms with Gasteiger partial charge in [0, 0.05) is 37.1 Å². The van der Waals surface area contributed by atoms with Gasteiger partial charge in [-0.25, -0.2) is 0 Å². The largest absolute Gasteiger partial charge is 0.396 e. The predicted octanol–water partition coefficient (Wildman–Crippen LogP) is 0.525. The molecule has 12 heavy (non-hydrogen) atoms. The second-order valence-electron chi connectivity index (χ2n) is 2.24. The van der Waals surface area contributed by atoms with Crippen molar-refractivity contribution < 1.29 is 10.0 Å². The monoisotopic (exact) mass is 168 g/mol. The minimum atomic E-state index is -0.484.